The number of aliphatic hydroxyl groups excluding tert-OH is 4. The first kappa shape index (κ1) is 32.3. The van der Waals surface area contributed by atoms with Crippen molar-refractivity contribution in [3.63, 3.8) is 0 Å². The number of imidazole rings is 1. The van der Waals surface area contributed by atoms with Gasteiger partial charge >= 0.3 is 30.5 Å². The Bertz CT molecular complexity index is 1740. The molecular weight excluding hydrogens is 661 g/mol. The highest BCUT2D eigenvalue weighted by Gasteiger charge is 2.53. The number of nitrogens with one attached hydrogen (secondary N) is 2. The molecule has 3 aromatic rings. The zero-order valence-electron chi connectivity index (χ0n) is 21.7. The van der Waals surface area contributed by atoms with Gasteiger partial charge in [-0.25, -0.2) is 14.8 Å². The second kappa shape index (κ2) is 13.5. The van der Waals surface area contributed by atoms with E-state index in [1.54, 1.807) is 0 Å². The largest absolute Gasteiger partial charge is 0.798 e. The van der Waals surface area contributed by atoms with Crippen molar-refractivity contribution < 1.29 is 61.3 Å². The summed E-state index contributed by atoms with van der Waals surface area (Å²) in [6.45, 7) is -1.33. The van der Waals surface area contributed by atoms with E-state index in [4.69, 9.17) is 18.5 Å². The minimum atomic E-state index is -3.37. The molecule has 22 nitrogen and oxygen atoms in total. The molecule has 0 radical (unpaired) electrons. The summed E-state index contributed by atoms with van der Waals surface area (Å²) in [5.74, 6) is 0. The molecule has 0 bridgehead atoms. The maximum absolute atomic E-state index is 12.1. The van der Waals surface area contributed by atoms with Crippen LogP contribution in [0.25, 0.3) is 11.2 Å². The molecule has 236 valence electrons. The van der Waals surface area contributed by atoms with Gasteiger partial charge in [-0.1, -0.05) is 0 Å². The Hall–Kier alpha value is -3.07. The van der Waals surface area contributed by atoms with Crippen molar-refractivity contribution in [3.05, 3.63) is 56.1 Å². The molecule has 44 heavy (non-hydrogen) atoms. The number of hydrogen-bond donors (Lipinski definition) is 6. The molecule has 0 spiro atoms. The van der Waals surface area contributed by atoms with E-state index in [0.29, 0.717) is 0 Å². The maximum atomic E-state index is 12.1. The minimum Gasteiger partial charge on any atom is -0.387 e. The maximum Gasteiger partial charge on any atom is 0.798 e. The van der Waals surface area contributed by atoms with Gasteiger partial charge in [0.05, 0.1) is 12.7 Å². The number of nitrogens with zero attached hydrogens (tertiary/aromatic N) is 4. The fraction of sp³-hybridized carbons (Fsp3) is 0.526. The zero-order valence-corrected chi connectivity index (χ0v) is 24.3. The third-order valence-electron chi connectivity index (χ3n) is 6.39. The minimum absolute atomic E-state index is 0.0449. The highest BCUT2D eigenvalue weighted by molar-refractivity contribution is 7.53. The summed E-state index contributed by atoms with van der Waals surface area (Å²) in [7, 11) is -9.80. The van der Waals surface area contributed by atoms with Crippen LogP contribution < -0.4 is 16.8 Å². The van der Waals surface area contributed by atoms with Crippen molar-refractivity contribution in [1.29, 1.82) is 0 Å². The van der Waals surface area contributed by atoms with Crippen LogP contribution in [0.15, 0.2) is 39.3 Å². The number of aromatic nitrogens is 6. The number of hydrogen-bond acceptors (Lipinski definition) is 18. The molecule has 2 fully saturated rings. The van der Waals surface area contributed by atoms with Gasteiger partial charge < -0.3 is 34.9 Å². The first-order valence-electron chi connectivity index (χ1n) is 12.2. The Labute approximate surface area is 245 Å². The Morgan fingerprint density at radius 3 is 1.95 bits per heavy atom. The van der Waals surface area contributed by atoms with Crippen LogP contribution in [0.3, 0.4) is 0 Å². The van der Waals surface area contributed by atoms with Crippen molar-refractivity contribution in [1.82, 2.24) is 29.1 Å². The second-order valence-electron chi connectivity index (χ2n) is 9.09. The van der Waals surface area contributed by atoms with Gasteiger partial charge in [0, 0.05) is 26.0 Å². The summed E-state index contributed by atoms with van der Waals surface area (Å²) in [5.41, 5.74) is -2.17. The summed E-state index contributed by atoms with van der Waals surface area (Å²) in [4.78, 5) is 47.2. The standard InChI is InChI=1S/C19H20N6O16P3/c26-9-1-2-24(19(32)23-9)17-13(29)11(27)7(38-17)3-36-42(33)40-44(35)41-43(34)37-4-8-12(28)14(30)18(39-8)25-6-22-10-15(25)20-5-21-16(10)31/h1-2,5-8,11-14,17-18,27-30H,3-4H2/q+1/p+2/t7-,8+,11-,12+,13-,14+,17-,18+/m1/s1. The average molecular weight is 683 g/mol. The molecule has 11 atom stereocenters. The Morgan fingerprint density at radius 1 is 0.818 bits per heavy atom. The smallest absolute Gasteiger partial charge is 0.387 e. The van der Waals surface area contributed by atoms with Gasteiger partial charge in [-0.15, -0.1) is 9.05 Å². The number of H-pyrrole nitrogens is 2. The molecule has 6 N–H and O–H groups in total. The average Bonchev–Trinajstić information content (AvgIpc) is 3.61. The van der Waals surface area contributed by atoms with Crippen LogP contribution in [0.1, 0.15) is 12.5 Å². The summed E-state index contributed by atoms with van der Waals surface area (Å²) >= 11 is 0. The monoisotopic (exact) mass is 683 g/mol. The van der Waals surface area contributed by atoms with Gasteiger partial charge in [0.2, 0.25) is 0 Å². The van der Waals surface area contributed by atoms with Crippen molar-refractivity contribution in [2.24, 2.45) is 0 Å². The van der Waals surface area contributed by atoms with E-state index in [-0.39, 0.29) is 11.2 Å². The molecule has 2 saturated heterocycles. The van der Waals surface area contributed by atoms with Crippen molar-refractivity contribution in [2.45, 2.75) is 49.1 Å². The van der Waals surface area contributed by atoms with Crippen LogP contribution >= 0.6 is 24.8 Å². The van der Waals surface area contributed by atoms with Crippen molar-refractivity contribution >= 4 is 35.9 Å². The van der Waals surface area contributed by atoms with Crippen LogP contribution in [0.5, 0.6) is 0 Å². The van der Waals surface area contributed by atoms with E-state index < -0.39 is 104 Å². The second-order valence-corrected chi connectivity index (χ2v) is 12.3. The Balaban J connectivity index is 1.06. The summed E-state index contributed by atoms with van der Waals surface area (Å²) < 4.78 is 67.6. The lowest BCUT2D eigenvalue weighted by Crippen LogP contribution is -2.37. The van der Waals surface area contributed by atoms with Gasteiger partial charge in [0.25, 0.3) is 11.1 Å². The number of rotatable bonds is 12. The van der Waals surface area contributed by atoms with E-state index in [2.05, 4.69) is 23.6 Å². The van der Waals surface area contributed by atoms with Gasteiger partial charge in [-0.05, 0) is 0 Å². The lowest BCUT2D eigenvalue weighted by Gasteiger charge is -2.16. The molecule has 0 saturated carbocycles. The van der Waals surface area contributed by atoms with Crippen LogP contribution in [-0.4, -0.2) is 99.3 Å². The molecule has 3 aromatic heterocycles. The normalized spacial score (nSPS) is 29.7. The fourth-order valence-corrected chi connectivity index (χ4v) is 6.48. The fourth-order valence-electron chi connectivity index (χ4n) is 4.31. The van der Waals surface area contributed by atoms with Gasteiger partial charge in [0.1, 0.15) is 49.8 Å². The number of aliphatic hydroxyl groups is 4. The molecule has 25 heteroatoms. The van der Waals surface area contributed by atoms with Crippen LogP contribution in [0.2, 0.25) is 0 Å². The first-order chi connectivity index (χ1) is 20.9. The lowest BCUT2D eigenvalue weighted by atomic mass is 10.1. The van der Waals surface area contributed by atoms with Crippen LogP contribution in [0, 0.1) is 0 Å². The molecular formula is C19H22N6O16P3+3. The van der Waals surface area contributed by atoms with E-state index >= 15 is 0 Å². The van der Waals surface area contributed by atoms with E-state index in [1.807, 2.05) is 4.98 Å². The topological polar surface area (TPSA) is 306 Å². The summed E-state index contributed by atoms with van der Waals surface area (Å²) in [5, 5.41) is 41.1. The molecule has 0 aromatic carbocycles. The SMILES string of the molecule is O=c1ccn([C@@H]2O[C@H](CO[P+](=O)O[P+](=O)O[P+](=O)OC[C@@H]3O[C@H](n4cnc5c(=O)[nH]cnc54)[C@@H](O)[C@H]3O)[C@@H](O)[C@H]2O)c(=O)[nH]1. The van der Waals surface area contributed by atoms with Gasteiger partial charge in [-0.3, -0.25) is 23.7 Å². The first-order valence-corrected chi connectivity index (χ1v) is 15.5. The van der Waals surface area contributed by atoms with Crippen molar-refractivity contribution in [2.75, 3.05) is 13.2 Å². The Kier molecular flexibility index (Phi) is 9.93. The molecule has 0 amide bonds. The van der Waals surface area contributed by atoms with Gasteiger partial charge in [-0.2, -0.15) is 0 Å². The number of ether oxygens (including phenoxy) is 2. The highest BCUT2D eigenvalue weighted by Crippen LogP contribution is 2.47. The zero-order chi connectivity index (χ0) is 31.7. The third kappa shape index (κ3) is 6.77. The van der Waals surface area contributed by atoms with Crippen LogP contribution in [0.4, 0.5) is 0 Å². The van der Waals surface area contributed by atoms with E-state index in [1.165, 1.54) is 10.9 Å². The molecule has 5 heterocycles. The molecule has 2 aliphatic rings. The van der Waals surface area contributed by atoms with Gasteiger partial charge in [0.15, 0.2) is 32.2 Å². The van der Waals surface area contributed by atoms with E-state index in [0.717, 1.165) is 23.2 Å². The summed E-state index contributed by atoms with van der Waals surface area (Å²) in [6.07, 6.45) is -8.39. The van der Waals surface area contributed by atoms with E-state index in [9.17, 15) is 48.5 Å². The Morgan fingerprint density at radius 2 is 1.39 bits per heavy atom. The number of fused-ring (bicyclic) bond motifs is 1. The highest BCUT2D eigenvalue weighted by atomic mass is 31.2. The quantitative estimate of drug-likeness (QED) is 0.112. The molecule has 5 rings (SSSR count). The molecule has 2 aliphatic heterocycles. The molecule has 0 aliphatic carbocycles. The third-order valence-corrected chi connectivity index (χ3v) is 9.25. The predicted molar refractivity (Wildman–Crippen MR) is 138 cm³/mol. The predicted octanol–water partition coefficient (Wildman–Crippen LogP) is -2.05. The lowest BCUT2D eigenvalue weighted by molar-refractivity contribution is -0.0516. The summed E-state index contributed by atoms with van der Waals surface area (Å²) in [6, 6.07) is 0.984. The molecule has 3 unspecified atom stereocenters. The number of aromatic amines is 2. The van der Waals surface area contributed by atoms with Crippen molar-refractivity contribution in [3.8, 4) is 0 Å². The van der Waals surface area contributed by atoms with Crippen LogP contribution in [-0.2, 0) is 40.8 Å².